The van der Waals surface area contributed by atoms with Gasteiger partial charge in [-0.3, -0.25) is 0 Å². The third-order valence-electron chi connectivity index (χ3n) is 3.33. The van der Waals surface area contributed by atoms with E-state index in [1.807, 2.05) is 23.9 Å². The number of nitrogens with one attached hydrogen (secondary N) is 1. The monoisotopic (exact) mass is 252 g/mol. The van der Waals surface area contributed by atoms with Crippen LogP contribution in [0.3, 0.4) is 0 Å². The third-order valence-corrected chi connectivity index (χ3v) is 4.47. The van der Waals surface area contributed by atoms with E-state index < -0.39 is 0 Å². The van der Waals surface area contributed by atoms with Crippen molar-refractivity contribution in [1.29, 1.82) is 0 Å². The molecule has 1 fully saturated rings. The summed E-state index contributed by atoms with van der Waals surface area (Å²) in [7, 11) is 1.66. The van der Waals surface area contributed by atoms with E-state index in [-0.39, 0.29) is 0 Å². The summed E-state index contributed by atoms with van der Waals surface area (Å²) < 4.78 is 5.09. The molecule has 0 radical (unpaired) electrons. The van der Waals surface area contributed by atoms with E-state index >= 15 is 0 Å². The highest BCUT2D eigenvalue weighted by atomic mass is 32.2. The van der Waals surface area contributed by atoms with Crippen LogP contribution in [0.5, 0.6) is 5.75 Å². The first kappa shape index (κ1) is 12.6. The molecule has 1 N–H and O–H groups in total. The lowest BCUT2D eigenvalue weighted by Crippen LogP contribution is -2.27. The van der Waals surface area contributed by atoms with Gasteiger partial charge in [-0.1, -0.05) is 0 Å². The normalized spacial score (nSPS) is 24.4. The number of hydrogen-bond acceptors (Lipinski definition) is 4. The molecule has 3 nitrogen and oxygen atoms in total. The van der Waals surface area contributed by atoms with Gasteiger partial charge in [-0.25, -0.2) is 4.98 Å². The van der Waals surface area contributed by atoms with Gasteiger partial charge in [0.1, 0.15) is 11.6 Å². The van der Waals surface area contributed by atoms with Gasteiger partial charge in [0.2, 0.25) is 0 Å². The van der Waals surface area contributed by atoms with Gasteiger partial charge < -0.3 is 10.1 Å². The number of hydrogen-bond donors (Lipinski definition) is 1. The number of nitrogens with zero attached hydrogens (tertiary/aromatic N) is 1. The van der Waals surface area contributed by atoms with Gasteiger partial charge in [-0.15, -0.1) is 0 Å². The number of anilines is 1. The fraction of sp³-hybridized carbons (Fsp3) is 0.615. The zero-order valence-corrected chi connectivity index (χ0v) is 11.3. The molecule has 0 saturated heterocycles. The fourth-order valence-electron chi connectivity index (χ4n) is 2.24. The molecule has 0 atom stereocenters. The van der Waals surface area contributed by atoms with E-state index in [1.165, 1.54) is 25.7 Å². The summed E-state index contributed by atoms with van der Waals surface area (Å²) in [6, 6.07) is 4.52. The lowest BCUT2D eigenvalue weighted by atomic mass is 9.95. The molecule has 1 aromatic heterocycles. The van der Waals surface area contributed by atoms with Crippen LogP contribution in [0.2, 0.25) is 0 Å². The molecule has 0 bridgehead atoms. The van der Waals surface area contributed by atoms with Crippen LogP contribution in [-0.4, -0.2) is 29.6 Å². The topological polar surface area (TPSA) is 34.1 Å². The molecule has 0 spiro atoms. The van der Waals surface area contributed by atoms with Gasteiger partial charge >= 0.3 is 0 Å². The maximum absolute atomic E-state index is 5.09. The molecule has 1 aromatic rings. The standard InChI is InChI=1S/C13H20N2OS/c1-16-11-5-8-13(14-9-11)15-10-3-6-12(17-2)7-4-10/h5,8-10,12H,3-4,6-7H2,1-2H3,(H,14,15). The number of thioether (sulfide) groups is 1. The zero-order chi connectivity index (χ0) is 12.1. The van der Waals surface area contributed by atoms with Gasteiger partial charge in [-0.05, 0) is 44.1 Å². The average molecular weight is 252 g/mol. The Morgan fingerprint density at radius 2 is 2.06 bits per heavy atom. The fourth-order valence-corrected chi connectivity index (χ4v) is 2.98. The minimum absolute atomic E-state index is 0.583. The zero-order valence-electron chi connectivity index (χ0n) is 10.5. The van der Waals surface area contributed by atoms with E-state index in [0.29, 0.717) is 6.04 Å². The van der Waals surface area contributed by atoms with Crippen molar-refractivity contribution in [2.45, 2.75) is 37.0 Å². The minimum Gasteiger partial charge on any atom is -0.495 e. The van der Waals surface area contributed by atoms with Crippen LogP contribution < -0.4 is 10.1 Å². The quantitative estimate of drug-likeness (QED) is 0.892. The predicted molar refractivity (Wildman–Crippen MR) is 74.0 cm³/mol. The highest BCUT2D eigenvalue weighted by Gasteiger charge is 2.20. The molecular weight excluding hydrogens is 232 g/mol. The first-order chi connectivity index (χ1) is 8.31. The molecule has 0 unspecified atom stereocenters. The van der Waals surface area contributed by atoms with Crippen LogP contribution in [0.1, 0.15) is 25.7 Å². The second-order valence-corrected chi connectivity index (χ2v) is 5.58. The smallest absolute Gasteiger partial charge is 0.137 e. The largest absolute Gasteiger partial charge is 0.495 e. The van der Waals surface area contributed by atoms with Crippen molar-refractivity contribution in [2.24, 2.45) is 0 Å². The van der Waals surface area contributed by atoms with E-state index in [0.717, 1.165) is 16.8 Å². The van der Waals surface area contributed by atoms with Crippen molar-refractivity contribution in [1.82, 2.24) is 4.98 Å². The Hall–Kier alpha value is -0.900. The van der Waals surface area contributed by atoms with Crippen LogP contribution in [0.25, 0.3) is 0 Å². The molecule has 4 heteroatoms. The highest BCUT2D eigenvalue weighted by molar-refractivity contribution is 7.99. The molecular formula is C13H20N2OS. The lowest BCUT2D eigenvalue weighted by molar-refractivity contribution is 0.413. The second kappa shape index (κ2) is 6.15. The maximum Gasteiger partial charge on any atom is 0.137 e. The van der Waals surface area contributed by atoms with E-state index in [4.69, 9.17) is 4.74 Å². The Morgan fingerprint density at radius 1 is 1.29 bits per heavy atom. The van der Waals surface area contributed by atoms with E-state index in [9.17, 15) is 0 Å². The van der Waals surface area contributed by atoms with Crippen molar-refractivity contribution in [3.63, 3.8) is 0 Å². The summed E-state index contributed by atoms with van der Waals surface area (Å²) >= 11 is 2.00. The second-order valence-electron chi connectivity index (χ2n) is 4.44. The molecule has 1 aliphatic rings. The summed E-state index contributed by atoms with van der Waals surface area (Å²) in [4.78, 5) is 4.34. The molecule has 17 heavy (non-hydrogen) atoms. The first-order valence-corrected chi connectivity index (χ1v) is 7.40. The predicted octanol–water partition coefficient (Wildman–Crippen LogP) is 3.18. The van der Waals surface area contributed by atoms with Crippen LogP contribution in [0, 0.1) is 0 Å². The summed E-state index contributed by atoms with van der Waals surface area (Å²) in [5.41, 5.74) is 0. The molecule has 0 aliphatic heterocycles. The number of aromatic nitrogens is 1. The Balaban J connectivity index is 1.84. The van der Waals surface area contributed by atoms with E-state index in [1.54, 1.807) is 13.3 Å². The maximum atomic E-state index is 5.09. The Kier molecular flexibility index (Phi) is 4.54. The van der Waals surface area contributed by atoms with Crippen molar-refractivity contribution in [2.75, 3.05) is 18.7 Å². The highest BCUT2D eigenvalue weighted by Crippen LogP contribution is 2.28. The minimum atomic E-state index is 0.583. The number of methoxy groups -OCH3 is 1. The molecule has 1 heterocycles. The van der Waals surface area contributed by atoms with Crippen molar-refractivity contribution in [3.8, 4) is 5.75 Å². The third kappa shape index (κ3) is 3.53. The van der Waals surface area contributed by atoms with Crippen molar-refractivity contribution >= 4 is 17.6 Å². The van der Waals surface area contributed by atoms with Gasteiger partial charge in [0, 0.05) is 11.3 Å². The molecule has 94 valence electrons. The van der Waals surface area contributed by atoms with Crippen LogP contribution in [0.4, 0.5) is 5.82 Å². The van der Waals surface area contributed by atoms with Crippen molar-refractivity contribution in [3.05, 3.63) is 18.3 Å². The van der Waals surface area contributed by atoms with Gasteiger partial charge in [0.15, 0.2) is 0 Å². The Bertz CT molecular complexity index is 334. The number of pyridine rings is 1. The average Bonchev–Trinajstić information content (AvgIpc) is 2.40. The Morgan fingerprint density at radius 3 is 2.59 bits per heavy atom. The lowest BCUT2D eigenvalue weighted by Gasteiger charge is -2.28. The molecule has 1 saturated carbocycles. The van der Waals surface area contributed by atoms with Gasteiger partial charge in [-0.2, -0.15) is 11.8 Å². The summed E-state index contributed by atoms with van der Waals surface area (Å²) in [5, 5.41) is 4.36. The number of ether oxygens (including phenoxy) is 1. The van der Waals surface area contributed by atoms with Crippen LogP contribution in [0.15, 0.2) is 18.3 Å². The summed E-state index contributed by atoms with van der Waals surface area (Å²) in [5.74, 6) is 1.76. The summed E-state index contributed by atoms with van der Waals surface area (Å²) in [6.45, 7) is 0. The van der Waals surface area contributed by atoms with Gasteiger partial charge in [0.25, 0.3) is 0 Å². The van der Waals surface area contributed by atoms with E-state index in [2.05, 4.69) is 16.6 Å². The van der Waals surface area contributed by atoms with Crippen LogP contribution in [-0.2, 0) is 0 Å². The van der Waals surface area contributed by atoms with Gasteiger partial charge in [0.05, 0.1) is 13.3 Å². The Labute approximate surface area is 107 Å². The molecule has 0 aromatic carbocycles. The number of rotatable bonds is 4. The van der Waals surface area contributed by atoms with Crippen molar-refractivity contribution < 1.29 is 4.74 Å². The first-order valence-electron chi connectivity index (χ1n) is 6.11. The SMILES string of the molecule is COc1ccc(NC2CCC(SC)CC2)nc1. The molecule has 2 rings (SSSR count). The van der Waals surface area contributed by atoms with Crippen LogP contribution >= 0.6 is 11.8 Å². The molecule has 1 aliphatic carbocycles. The molecule has 0 amide bonds. The summed E-state index contributed by atoms with van der Waals surface area (Å²) in [6.07, 6.45) is 9.10.